The van der Waals surface area contributed by atoms with Crippen molar-refractivity contribution in [3.05, 3.63) is 59.2 Å². The largest absolute Gasteiger partial charge is 0.459 e. The third kappa shape index (κ3) is 4.23. The highest BCUT2D eigenvalue weighted by atomic mass is 16.6. The topological polar surface area (TPSA) is 64.6 Å². The molecular weight excluding hydrogens is 330 g/mol. The maximum Gasteiger partial charge on any atom is 0.407 e. The van der Waals surface area contributed by atoms with Gasteiger partial charge in [0.2, 0.25) is 0 Å². The molecule has 0 unspecified atom stereocenters. The predicted molar refractivity (Wildman–Crippen MR) is 98.7 cm³/mol. The van der Waals surface area contributed by atoms with Crippen molar-refractivity contribution in [3.8, 4) is 11.1 Å². The Hall–Kier alpha value is -2.82. The molecule has 2 aromatic carbocycles. The molecule has 0 fully saturated rings. The SMILES string of the molecule is CC(C)(C)OC(=O)CNC(=O)OCc1cccc2c1Cc1ccccc1-2. The van der Waals surface area contributed by atoms with Crippen molar-refractivity contribution in [1.82, 2.24) is 5.32 Å². The second-order valence-electron chi connectivity index (χ2n) is 7.29. The standard InChI is InChI=1S/C21H23NO4/c1-21(2,3)26-19(23)12-22-20(24)25-13-15-8-6-10-17-16-9-5-4-7-14(16)11-18(15)17/h4-10H,11-13H2,1-3H3,(H,22,24). The summed E-state index contributed by atoms with van der Waals surface area (Å²) in [5.41, 5.74) is 5.29. The van der Waals surface area contributed by atoms with Crippen LogP contribution in [0.15, 0.2) is 42.5 Å². The zero-order chi connectivity index (χ0) is 18.7. The van der Waals surface area contributed by atoms with Crippen LogP contribution in [0.5, 0.6) is 0 Å². The summed E-state index contributed by atoms with van der Waals surface area (Å²) >= 11 is 0. The van der Waals surface area contributed by atoms with Gasteiger partial charge in [-0.1, -0.05) is 42.5 Å². The van der Waals surface area contributed by atoms with Crippen LogP contribution in [0.1, 0.15) is 37.5 Å². The molecular formula is C21H23NO4. The fourth-order valence-electron chi connectivity index (χ4n) is 3.07. The number of benzene rings is 2. The lowest BCUT2D eigenvalue weighted by Gasteiger charge is -2.19. The third-order valence-corrected chi connectivity index (χ3v) is 4.10. The van der Waals surface area contributed by atoms with E-state index in [0.717, 1.165) is 12.0 Å². The van der Waals surface area contributed by atoms with E-state index in [0.29, 0.717) is 0 Å². The number of carbonyl (C=O) groups excluding carboxylic acids is 2. The normalized spacial score (nSPS) is 12.1. The van der Waals surface area contributed by atoms with Crippen LogP contribution >= 0.6 is 0 Å². The molecule has 0 saturated carbocycles. The van der Waals surface area contributed by atoms with Gasteiger partial charge in [-0.25, -0.2) is 4.79 Å². The Kier molecular flexibility index (Phi) is 4.98. The summed E-state index contributed by atoms with van der Waals surface area (Å²) in [4.78, 5) is 23.5. The fraction of sp³-hybridized carbons (Fsp3) is 0.333. The predicted octanol–water partition coefficient (Wildman–Crippen LogP) is 3.83. The van der Waals surface area contributed by atoms with Gasteiger partial charge >= 0.3 is 12.1 Å². The van der Waals surface area contributed by atoms with Crippen LogP contribution in [0.25, 0.3) is 11.1 Å². The fourth-order valence-corrected chi connectivity index (χ4v) is 3.07. The molecule has 5 heteroatoms. The molecule has 5 nitrogen and oxygen atoms in total. The van der Waals surface area contributed by atoms with E-state index in [9.17, 15) is 9.59 Å². The molecule has 0 aromatic heterocycles. The Balaban J connectivity index is 1.57. The quantitative estimate of drug-likeness (QED) is 0.724. The van der Waals surface area contributed by atoms with Crippen LogP contribution in [0.3, 0.4) is 0 Å². The second kappa shape index (κ2) is 7.20. The van der Waals surface area contributed by atoms with Crippen molar-refractivity contribution in [3.63, 3.8) is 0 Å². The molecule has 0 bridgehead atoms. The van der Waals surface area contributed by atoms with Gasteiger partial charge < -0.3 is 14.8 Å². The molecule has 0 atom stereocenters. The van der Waals surface area contributed by atoms with E-state index in [1.807, 2.05) is 24.3 Å². The van der Waals surface area contributed by atoms with Gasteiger partial charge in [0.1, 0.15) is 18.8 Å². The van der Waals surface area contributed by atoms with Crippen molar-refractivity contribution in [2.45, 2.75) is 39.4 Å². The summed E-state index contributed by atoms with van der Waals surface area (Å²) in [6, 6.07) is 14.3. The molecule has 26 heavy (non-hydrogen) atoms. The van der Waals surface area contributed by atoms with E-state index >= 15 is 0 Å². The molecule has 0 radical (unpaired) electrons. The lowest BCUT2D eigenvalue weighted by Crippen LogP contribution is -2.34. The van der Waals surface area contributed by atoms with Crippen LogP contribution in [-0.2, 0) is 27.3 Å². The summed E-state index contributed by atoms with van der Waals surface area (Å²) in [5, 5.41) is 2.42. The minimum atomic E-state index is -0.635. The molecule has 0 saturated heterocycles. The Bertz CT molecular complexity index is 836. The van der Waals surface area contributed by atoms with Gasteiger partial charge in [0.25, 0.3) is 0 Å². The summed E-state index contributed by atoms with van der Waals surface area (Å²) < 4.78 is 10.4. The molecule has 0 aliphatic heterocycles. The lowest BCUT2D eigenvalue weighted by molar-refractivity contribution is -0.153. The first-order chi connectivity index (χ1) is 12.3. The Morgan fingerprint density at radius 2 is 1.77 bits per heavy atom. The van der Waals surface area contributed by atoms with E-state index in [1.54, 1.807) is 20.8 Å². The van der Waals surface area contributed by atoms with Crippen molar-refractivity contribution in [2.24, 2.45) is 0 Å². The van der Waals surface area contributed by atoms with E-state index in [2.05, 4.69) is 23.5 Å². The highest BCUT2D eigenvalue weighted by Gasteiger charge is 2.21. The number of esters is 1. The molecule has 3 rings (SSSR count). The summed E-state index contributed by atoms with van der Waals surface area (Å²) in [5.74, 6) is -0.495. The zero-order valence-corrected chi connectivity index (χ0v) is 15.3. The number of carbonyl (C=O) groups is 2. The molecule has 0 spiro atoms. The maximum absolute atomic E-state index is 11.9. The van der Waals surface area contributed by atoms with Gasteiger partial charge in [0.15, 0.2) is 0 Å². The summed E-state index contributed by atoms with van der Waals surface area (Å²) in [7, 11) is 0. The monoisotopic (exact) mass is 353 g/mol. The maximum atomic E-state index is 11.9. The van der Waals surface area contributed by atoms with E-state index in [-0.39, 0.29) is 13.2 Å². The number of hydrogen-bond acceptors (Lipinski definition) is 4. The number of ether oxygens (including phenoxy) is 2. The first-order valence-corrected chi connectivity index (χ1v) is 8.65. The highest BCUT2D eigenvalue weighted by molar-refractivity contribution is 5.79. The Labute approximate surface area is 153 Å². The van der Waals surface area contributed by atoms with Crippen LogP contribution < -0.4 is 5.32 Å². The van der Waals surface area contributed by atoms with Crippen LogP contribution in [-0.4, -0.2) is 24.2 Å². The zero-order valence-electron chi connectivity index (χ0n) is 15.3. The minimum absolute atomic E-state index is 0.164. The van der Waals surface area contributed by atoms with E-state index < -0.39 is 17.7 Å². The number of amides is 1. The Morgan fingerprint density at radius 1 is 1.04 bits per heavy atom. The van der Waals surface area contributed by atoms with E-state index in [4.69, 9.17) is 9.47 Å². The van der Waals surface area contributed by atoms with E-state index in [1.165, 1.54) is 22.3 Å². The van der Waals surface area contributed by atoms with Crippen LogP contribution in [0, 0.1) is 0 Å². The average molecular weight is 353 g/mol. The average Bonchev–Trinajstić information content (AvgIpc) is 2.96. The first-order valence-electron chi connectivity index (χ1n) is 8.65. The number of hydrogen-bond donors (Lipinski definition) is 1. The van der Waals surface area contributed by atoms with Gasteiger partial charge in [0.05, 0.1) is 0 Å². The van der Waals surface area contributed by atoms with Gasteiger partial charge in [-0.3, -0.25) is 4.79 Å². The molecule has 1 amide bonds. The number of fused-ring (bicyclic) bond motifs is 3. The molecule has 0 heterocycles. The molecule has 1 aliphatic carbocycles. The van der Waals surface area contributed by atoms with Gasteiger partial charge in [-0.2, -0.15) is 0 Å². The van der Waals surface area contributed by atoms with Crippen molar-refractivity contribution < 1.29 is 19.1 Å². The molecule has 2 aromatic rings. The van der Waals surface area contributed by atoms with Crippen molar-refractivity contribution >= 4 is 12.1 Å². The Morgan fingerprint density at radius 3 is 2.54 bits per heavy atom. The van der Waals surface area contributed by atoms with Crippen LogP contribution in [0.4, 0.5) is 4.79 Å². The van der Waals surface area contributed by atoms with Gasteiger partial charge in [-0.15, -0.1) is 0 Å². The van der Waals surface area contributed by atoms with Crippen molar-refractivity contribution in [2.75, 3.05) is 6.54 Å². The smallest absolute Gasteiger partial charge is 0.407 e. The first kappa shape index (κ1) is 18.0. The molecule has 136 valence electrons. The summed E-state index contributed by atoms with van der Waals surface area (Å²) in [6.07, 6.45) is 0.203. The van der Waals surface area contributed by atoms with Crippen LogP contribution in [0.2, 0.25) is 0 Å². The number of nitrogens with one attached hydrogen (secondary N) is 1. The molecule has 1 N–H and O–H groups in total. The highest BCUT2D eigenvalue weighted by Crippen LogP contribution is 2.38. The van der Waals surface area contributed by atoms with Gasteiger partial charge in [-0.05, 0) is 55.0 Å². The number of rotatable bonds is 4. The van der Waals surface area contributed by atoms with Gasteiger partial charge in [0, 0.05) is 0 Å². The van der Waals surface area contributed by atoms with Crippen molar-refractivity contribution in [1.29, 1.82) is 0 Å². The lowest BCUT2D eigenvalue weighted by atomic mass is 10.0. The minimum Gasteiger partial charge on any atom is -0.459 e. The number of alkyl carbamates (subject to hydrolysis) is 1. The molecule has 1 aliphatic rings. The second-order valence-corrected chi connectivity index (χ2v) is 7.29. The third-order valence-electron chi connectivity index (χ3n) is 4.10. The summed E-state index contributed by atoms with van der Waals surface area (Å²) in [6.45, 7) is 5.28.